The number of hydrogen-bond donors (Lipinski definition) is 2. The van der Waals surface area contributed by atoms with Gasteiger partial charge in [-0.25, -0.2) is 4.68 Å². The van der Waals surface area contributed by atoms with Gasteiger partial charge in [0.15, 0.2) is 0 Å². The van der Waals surface area contributed by atoms with Crippen molar-refractivity contribution in [1.82, 2.24) is 9.78 Å². The van der Waals surface area contributed by atoms with Crippen LogP contribution in [0.15, 0.2) is 18.8 Å². The van der Waals surface area contributed by atoms with Crippen LogP contribution in [0.5, 0.6) is 0 Å². The Morgan fingerprint density at radius 3 is 3.15 bits per heavy atom. The fourth-order valence-corrected chi connectivity index (χ4v) is 1.06. The van der Waals surface area contributed by atoms with Gasteiger partial charge < -0.3 is 10.8 Å². The Bertz CT molecular complexity index is 319. The van der Waals surface area contributed by atoms with Crippen molar-refractivity contribution < 1.29 is 9.90 Å². The van der Waals surface area contributed by atoms with E-state index in [9.17, 15) is 4.79 Å². The molecule has 1 heterocycles. The zero-order chi connectivity index (χ0) is 9.84. The standard InChI is InChI=1S/C8H11N3O2/c1-2-11-7(3-4-10-11)6(9)5-8(12)13/h2-4,6H,1,5,9H2,(H,12,13). The lowest BCUT2D eigenvalue weighted by molar-refractivity contribution is -0.137. The Morgan fingerprint density at radius 2 is 2.62 bits per heavy atom. The van der Waals surface area contributed by atoms with Crippen molar-refractivity contribution >= 4 is 12.2 Å². The van der Waals surface area contributed by atoms with Gasteiger partial charge in [-0.05, 0) is 6.07 Å². The van der Waals surface area contributed by atoms with Crippen LogP contribution in [-0.2, 0) is 4.79 Å². The Kier molecular flexibility index (Phi) is 2.81. The summed E-state index contributed by atoms with van der Waals surface area (Å²) in [6, 6.07) is 1.13. The second-order valence-corrected chi connectivity index (χ2v) is 2.59. The molecule has 1 aromatic rings. The Hall–Kier alpha value is -1.62. The molecule has 1 aromatic heterocycles. The summed E-state index contributed by atoms with van der Waals surface area (Å²) in [6.07, 6.45) is 2.93. The molecule has 5 nitrogen and oxygen atoms in total. The molecular formula is C8H11N3O2. The Balaban J connectivity index is 2.81. The normalized spacial score (nSPS) is 12.4. The summed E-state index contributed by atoms with van der Waals surface area (Å²) in [7, 11) is 0. The molecule has 0 spiro atoms. The topological polar surface area (TPSA) is 81.1 Å². The molecule has 1 unspecified atom stereocenters. The van der Waals surface area contributed by atoms with E-state index in [4.69, 9.17) is 10.8 Å². The van der Waals surface area contributed by atoms with E-state index < -0.39 is 12.0 Å². The minimum Gasteiger partial charge on any atom is -0.481 e. The molecule has 0 fully saturated rings. The zero-order valence-electron chi connectivity index (χ0n) is 7.05. The van der Waals surface area contributed by atoms with Crippen molar-refractivity contribution in [2.24, 2.45) is 5.73 Å². The number of aliphatic carboxylic acids is 1. The third-order valence-corrected chi connectivity index (χ3v) is 1.65. The number of nitrogens with zero attached hydrogens (tertiary/aromatic N) is 2. The van der Waals surface area contributed by atoms with E-state index in [1.165, 1.54) is 10.9 Å². The molecule has 0 aliphatic rings. The van der Waals surface area contributed by atoms with Crippen LogP contribution < -0.4 is 5.73 Å². The van der Waals surface area contributed by atoms with Gasteiger partial charge in [-0.2, -0.15) is 5.10 Å². The number of carboxylic acid groups (broad SMARTS) is 1. The van der Waals surface area contributed by atoms with Gasteiger partial charge in [0.05, 0.1) is 18.2 Å². The van der Waals surface area contributed by atoms with Gasteiger partial charge in [0.1, 0.15) is 0 Å². The van der Waals surface area contributed by atoms with Crippen LogP contribution in [0.25, 0.3) is 6.20 Å². The smallest absolute Gasteiger partial charge is 0.305 e. The van der Waals surface area contributed by atoms with Crippen molar-refractivity contribution in [1.29, 1.82) is 0 Å². The molecule has 3 N–H and O–H groups in total. The molecule has 0 aliphatic carbocycles. The molecule has 13 heavy (non-hydrogen) atoms. The Morgan fingerprint density at radius 1 is 1.92 bits per heavy atom. The SMILES string of the molecule is C=Cn1nccc1C(N)CC(=O)O. The van der Waals surface area contributed by atoms with Crippen LogP contribution in [0.4, 0.5) is 0 Å². The van der Waals surface area contributed by atoms with E-state index in [1.54, 1.807) is 12.3 Å². The first kappa shape index (κ1) is 9.47. The maximum atomic E-state index is 10.4. The summed E-state index contributed by atoms with van der Waals surface area (Å²) < 4.78 is 1.47. The van der Waals surface area contributed by atoms with Gasteiger partial charge >= 0.3 is 5.97 Å². The van der Waals surface area contributed by atoms with E-state index in [2.05, 4.69) is 11.7 Å². The first-order chi connectivity index (χ1) is 6.15. The minimum absolute atomic E-state index is 0.112. The van der Waals surface area contributed by atoms with Crippen molar-refractivity contribution in [3.8, 4) is 0 Å². The largest absolute Gasteiger partial charge is 0.481 e. The predicted molar refractivity (Wildman–Crippen MR) is 47.8 cm³/mol. The number of aromatic nitrogens is 2. The molecule has 0 saturated heterocycles. The molecule has 0 amide bonds. The van der Waals surface area contributed by atoms with Crippen molar-refractivity contribution in [3.63, 3.8) is 0 Å². The average Bonchev–Trinajstić information content (AvgIpc) is 2.49. The van der Waals surface area contributed by atoms with E-state index >= 15 is 0 Å². The quantitative estimate of drug-likeness (QED) is 0.707. The van der Waals surface area contributed by atoms with Gasteiger partial charge in [-0.1, -0.05) is 6.58 Å². The second kappa shape index (κ2) is 3.86. The fraction of sp³-hybridized carbons (Fsp3) is 0.250. The lowest BCUT2D eigenvalue weighted by Gasteiger charge is -2.08. The molecule has 0 saturated carbocycles. The molecular weight excluding hydrogens is 170 g/mol. The number of rotatable bonds is 4. The van der Waals surface area contributed by atoms with Crippen LogP contribution in [0, 0.1) is 0 Å². The van der Waals surface area contributed by atoms with E-state index in [0.29, 0.717) is 5.69 Å². The van der Waals surface area contributed by atoms with Gasteiger partial charge in [0.2, 0.25) is 0 Å². The third kappa shape index (κ3) is 2.16. The molecule has 0 aliphatic heterocycles. The highest BCUT2D eigenvalue weighted by Crippen LogP contribution is 2.13. The highest BCUT2D eigenvalue weighted by Gasteiger charge is 2.13. The second-order valence-electron chi connectivity index (χ2n) is 2.59. The average molecular weight is 181 g/mol. The van der Waals surface area contributed by atoms with E-state index in [0.717, 1.165) is 0 Å². The van der Waals surface area contributed by atoms with Crippen molar-refractivity contribution in [3.05, 3.63) is 24.5 Å². The molecule has 5 heteroatoms. The minimum atomic E-state index is -0.927. The third-order valence-electron chi connectivity index (χ3n) is 1.65. The molecule has 0 radical (unpaired) electrons. The highest BCUT2D eigenvalue weighted by molar-refractivity contribution is 5.67. The number of carboxylic acids is 1. The first-order valence-electron chi connectivity index (χ1n) is 3.78. The van der Waals surface area contributed by atoms with Crippen molar-refractivity contribution in [2.75, 3.05) is 0 Å². The maximum absolute atomic E-state index is 10.4. The van der Waals surface area contributed by atoms with Crippen LogP contribution >= 0.6 is 0 Å². The molecule has 0 aromatic carbocycles. The fourth-order valence-electron chi connectivity index (χ4n) is 1.06. The van der Waals surface area contributed by atoms with Gasteiger partial charge in [-0.3, -0.25) is 4.79 Å². The summed E-state index contributed by atoms with van der Waals surface area (Å²) in [5, 5.41) is 12.4. The molecule has 1 rings (SSSR count). The van der Waals surface area contributed by atoms with Gasteiger partial charge in [-0.15, -0.1) is 0 Å². The molecule has 70 valence electrons. The Labute approximate surface area is 75.5 Å². The first-order valence-corrected chi connectivity index (χ1v) is 3.78. The molecule has 0 bridgehead atoms. The van der Waals surface area contributed by atoms with Gasteiger partial charge in [0.25, 0.3) is 0 Å². The molecule has 1 atom stereocenters. The summed E-state index contributed by atoms with van der Waals surface area (Å²) in [4.78, 5) is 10.4. The summed E-state index contributed by atoms with van der Waals surface area (Å²) >= 11 is 0. The highest BCUT2D eigenvalue weighted by atomic mass is 16.4. The van der Waals surface area contributed by atoms with Crippen LogP contribution in [0.2, 0.25) is 0 Å². The van der Waals surface area contributed by atoms with Gasteiger partial charge in [0, 0.05) is 12.4 Å². The lowest BCUT2D eigenvalue weighted by Crippen LogP contribution is -2.17. The van der Waals surface area contributed by atoms with Crippen molar-refractivity contribution in [2.45, 2.75) is 12.5 Å². The summed E-state index contributed by atoms with van der Waals surface area (Å²) in [5.74, 6) is -0.927. The summed E-state index contributed by atoms with van der Waals surface area (Å²) in [6.45, 7) is 3.52. The summed E-state index contributed by atoms with van der Waals surface area (Å²) in [5.41, 5.74) is 6.28. The maximum Gasteiger partial charge on any atom is 0.305 e. The predicted octanol–water partition coefficient (Wildman–Crippen LogP) is 0.458. The number of hydrogen-bond acceptors (Lipinski definition) is 3. The van der Waals surface area contributed by atoms with Crippen LogP contribution in [0.1, 0.15) is 18.2 Å². The lowest BCUT2D eigenvalue weighted by atomic mass is 10.1. The monoisotopic (exact) mass is 181 g/mol. The van der Waals surface area contributed by atoms with Crippen LogP contribution in [0.3, 0.4) is 0 Å². The van der Waals surface area contributed by atoms with E-state index in [-0.39, 0.29) is 6.42 Å². The number of carbonyl (C=O) groups is 1. The zero-order valence-corrected chi connectivity index (χ0v) is 7.05. The number of nitrogens with two attached hydrogens (primary N) is 1. The van der Waals surface area contributed by atoms with Crippen LogP contribution in [-0.4, -0.2) is 20.9 Å². The van der Waals surface area contributed by atoms with E-state index in [1.807, 2.05) is 0 Å².